The molecule has 1 heterocycles. The van der Waals surface area contributed by atoms with Crippen LogP contribution in [0.4, 0.5) is 5.69 Å². The van der Waals surface area contributed by atoms with Gasteiger partial charge in [-0.3, -0.25) is 0 Å². The smallest absolute Gasteiger partial charge is 0.0528 e. The van der Waals surface area contributed by atoms with E-state index in [1.165, 1.54) is 36.2 Å². The number of hydrogen-bond acceptors (Lipinski definition) is 2. The average molecular weight is 253 g/mol. The summed E-state index contributed by atoms with van der Waals surface area (Å²) in [5.74, 6) is 0. The summed E-state index contributed by atoms with van der Waals surface area (Å²) in [6.07, 6.45) is 2.71. The Kier molecular flexibility index (Phi) is 3.37. The van der Waals surface area contributed by atoms with Crippen LogP contribution in [0.2, 0.25) is 0 Å². The van der Waals surface area contributed by atoms with Crippen molar-refractivity contribution in [2.45, 2.75) is 32.2 Å². The van der Waals surface area contributed by atoms with Crippen molar-refractivity contribution in [2.24, 2.45) is 0 Å². The molecule has 3 heteroatoms. The number of nitrogens with zero attached hydrogens (tertiary/aromatic N) is 1. The summed E-state index contributed by atoms with van der Waals surface area (Å²) < 4.78 is 0. The summed E-state index contributed by atoms with van der Waals surface area (Å²) in [6, 6.07) is 6.68. The molecule has 0 unspecified atom stereocenters. The number of halogens is 1. The van der Waals surface area contributed by atoms with Gasteiger partial charge in [-0.15, -0.1) is 12.4 Å². The minimum Gasteiger partial charge on any atom is -0.363 e. The maximum atomic E-state index is 3.53. The van der Waals surface area contributed by atoms with Gasteiger partial charge in [0.05, 0.1) is 5.54 Å². The Bertz CT molecular complexity index is 413. The third-order valence-corrected chi connectivity index (χ3v) is 4.23. The van der Waals surface area contributed by atoms with Crippen molar-refractivity contribution in [2.75, 3.05) is 24.5 Å². The summed E-state index contributed by atoms with van der Waals surface area (Å²) in [5, 5.41) is 3.53. The molecule has 3 rings (SSSR count). The molecular weight excluding hydrogens is 232 g/mol. The fraction of sp³-hybridized carbons (Fsp3) is 0.571. The number of nitrogens with one attached hydrogen (secondary N) is 1. The normalized spacial score (nSPS) is 21.2. The van der Waals surface area contributed by atoms with Crippen LogP contribution >= 0.6 is 12.4 Å². The Hall–Kier alpha value is -0.730. The zero-order valence-corrected chi connectivity index (χ0v) is 11.4. The van der Waals surface area contributed by atoms with E-state index >= 15 is 0 Å². The van der Waals surface area contributed by atoms with E-state index in [0.29, 0.717) is 5.54 Å². The lowest BCUT2D eigenvalue weighted by atomic mass is 10.0. The molecule has 1 aromatic rings. The van der Waals surface area contributed by atoms with Crippen LogP contribution < -0.4 is 10.2 Å². The van der Waals surface area contributed by atoms with Gasteiger partial charge in [-0.25, -0.2) is 0 Å². The molecule has 1 spiro atoms. The topological polar surface area (TPSA) is 15.3 Å². The highest BCUT2D eigenvalue weighted by Gasteiger charge is 2.49. The molecule has 0 atom stereocenters. The van der Waals surface area contributed by atoms with Crippen molar-refractivity contribution in [1.82, 2.24) is 5.32 Å². The van der Waals surface area contributed by atoms with E-state index in [-0.39, 0.29) is 12.4 Å². The second-order valence-corrected chi connectivity index (χ2v) is 5.27. The van der Waals surface area contributed by atoms with Gasteiger partial charge in [0.2, 0.25) is 0 Å². The Morgan fingerprint density at radius 1 is 1.24 bits per heavy atom. The van der Waals surface area contributed by atoms with Gasteiger partial charge in [0.1, 0.15) is 0 Å². The van der Waals surface area contributed by atoms with Crippen LogP contribution in [-0.4, -0.2) is 25.2 Å². The van der Waals surface area contributed by atoms with Crippen LogP contribution in [-0.2, 0) is 0 Å². The van der Waals surface area contributed by atoms with Gasteiger partial charge >= 0.3 is 0 Å². The number of hydrogen-bond donors (Lipinski definition) is 1. The van der Waals surface area contributed by atoms with E-state index in [0.717, 1.165) is 13.1 Å². The van der Waals surface area contributed by atoms with Gasteiger partial charge in [0.15, 0.2) is 0 Å². The standard InChI is InChI=1S/C14H20N2.ClH/c1-11-4-3-5-13(12(11)2)16-9-8-15-10-14(16)6-7-14;/h3-5,15H,6-10H2,1-2H3;1H. The molecule has 1 aliphatic carbocycles. The van der Waals surface area contributed by atoms with E-state index in [4.69, 9.17) is 0 Å². The molecule has 1 saturated heterocycles. The lowest BCUT2D eigenvalue weighted by molar-refractivity contribution is 0.463. The SMILES string of the molecule is Cc1cccc(N2CCNCC23CC3)c1C.Cl. The van der Waals surface area contributed by atoms with Crippen LogP contribution in [0.3, 0.4) is 0 Å². The van der Waals surface area contributed by atoms with E-state index in [1.807, 2.05) is 0 Å². The first-order valence-electron chi connectivity index (χ1n) is 6.28. The molecule has 2 aliphatic rings. The fourth-order valence-electron chi connectivity index (χ4n) is 2.84. The van der Waals surface area contributed by atoms with E-state index in [2.05, 4.69) is 42.3 Å². The number of anilines is 1. The summed E-state index contributed by atoms with van der Waals surface area (Å²) in [4.78, 5) is 2.64. The molecule has 0 aromatic heterocycles. The van der Waals surface area contributed by atoms with Crippen LogP contribution in [0, 0.1) is 13.8 Å². The van der Waals surface area contributed by atoms with Gasteiger partial charge in [0.25, 0.3) is 0 Å². The highest BCUT2D eigenvalue weighted by atomic mass is 35.5. The molecule has 1 aliphatic heterocycles. The maximum Gasteiger partial charge on any atom is 0.0528 e. The zero-order valence-electron chi connectivity index (χ0n) is 10.6. The highest BCUT2D eigenvalue weighted by Crippen LogP contribution is 2.45. The quantitative estimate of drug-likeness (QED) is 0.827. The summed E-state index contributed by atoms with van der Waals surface area (Å²) in [7, 11) is 0. The molecule has 1 aromatic carbocycles. The van der Waals surface area contributed by atoms with E-state index in [9.17, 15) is 0 Å². The molecule has 2 fully saturated rings. The van der Waals surface area contributed by atoms with Crippen molar-refractivity contribution < 1.29 is 0 Å². The van der Waals surface area contributed by atoms with E-state index in [1.54, 1.807) is 0 Å². The molecule has 94 valence electrons. The lowest BCUT2D eigenvalue weighted by Crippen LogP contribution is -2.53. The number of aryl methyl sites for hydroxylation is 1. The number of rotatable bonds is 1. The second kappa shape index (κ2) is 4.51. The fourth-order valence-corrected chi connectivity index (χ4v) is 2.84. The Morgan fingerprint density at radius 3 is 2.71 bits per heavy atom. The summed E-state index contributed by atoms with van der Waals surface area (Å²) in [5.41, 5.74) is 4.78. The lowest BCUT2D eigenvalue weighted by Gasteiger charge is -2.39. The Labute approximate surface area is 110 Å². The third-order valence-electron chi connectivity index (χ3n) is 4.23. The first-order chi connectivity index (χ1) is 7.73. The van der Waals surface area contributed by atoms with Crippen LogP contribution in [0.25, 0.3) is 0 Å². The van der Waals surface area contributed by atoms with Crippen molar-refractivity contribution in [3.63, 3.8) is 0 Å². The monoisotopic (exact) mass is 252 g/mol. The number of piperazine rings is 1. The van der Waals surface area contributed by atoms with Crippen molar-refractivity contribution in [3.05, 3.63) is 29.3 Å². The Morgan fingerprint density at radius 2 is 2.00 bits per heavy atom. The van der Waals surface area contributed by atoms with Crippen LogP contribution in [0.5, 0.6) is 0 Å². The minimum absolute atomic E-state index is 0. The van der Waals surface area contributed by atoms with Gasteiger partial charge in [-0.2, -0.15) is 0 Å². The first-order valence-corrected chi connectivity index (χ1v) is 6.28. The maximum absolute atomic E-state index is 3.53. The zero-order chi connectivity index (χ0) is 11.2. The molecule has 1 saturated carbocycles. The molecule has 17 heavy (non-hydrogen) atoms. The number of benzene rings is 1. The second-order valence-electron chi connectivity index (χ2n) is 5.27. The van der Waals surface area contributed by atoms with Crippen molar-refractivity contribution in [1.29, 1.82) is 0 Å². The molecule has 2 nitrogen and oxygen atoms in total. The molecule has 1 N–H and O–H groups in total. The van der Waals surface area contributed by atoms with Crippen molar-refractivity contribution in [3.8, 4) is 0 Å². The first kappa shape index (κ1) is 12.7. The van der Waals surface area contributed by atoms with Gasteiger partial charge in [-0.05, 0) is 43.9 Å². The Balaban J connectivity index is 0.00000108. The molecule has 0 amide bonds. The largest absolute Gasteiger partial charge is 0.363 e. The van der Waals surface area contributed by atoms with Gasteiger partial charge < -0.3 is 10.2 Å². The average Bonchev–Trinajstić information content (AvgIpc) is 3.04. The van der Waals surface area contributed by atoms with Crippen LogP contribution in [0.15, 0.2) is 18.2 Å². The van der Waals surface area contributed by atoms with Gasteiger partial charge in [-0.1, -0.05) is 12.1 Å². The predicted molar refractivity (Wildman–Crippen MR) is 75.3 cm³/mol. The molecule has 0 bridgehead atoms. The summed E-state index contributed by atoms with van der Waals surface area (Å²) >= 11 is 0. The van der Waals surface area contributed by atoms with Crippen LogP contribution in [0.1, 0.15) is 24.0 Å². The highest BCUT2D eigenvalue weighted by molar-refractivity contribution is 5.85. The minimum atomic E-state index is 0. The van der Waals surface area contributed by atoms with E-state index < -0.39 is 0 Å². The van der Waals surface area contributed by atoms with Gasteiger partial charge in [0, 0.05) is 25.3 Å². The predicted octanol–water partition coefficient (Wildman–Crippen LogP) is 2.67. The molecular formula is C14H21ClN2. The third kappa shape index (κ3) is 2.04. The summed E-state index contributed by atoms with van der Waals surface area (Å²) in [6.45, 7) is 7.91. The van der Waals surface area contributed by atoms with Crippen molar-refractivity contribution >= 4 is 18.1 Å². The molecule has 0 radical (unpaired) electrons.